The minimum Gasteiger partial charge on any atom is -0.380 e. The summed E-state index contributed by atoms with van der Waals surface area (Å²) in [6, 6.07) is 15.6. The average molecular weight is 379 g/mol. The van der Waals surface area contributed by atoms with Crippen molar-refractivity contribution >= 4 is 11.6 Å². The molecule has 28 heavy (non-hydrogen) atoms. The second kappa shape index (κ2) is 8.00. The van der Waals surface area contributed by atoms with Crippen LogP contribution in [0.4, 0.5) is 16.0 Å². The summed E-state index contributed by atoms with van der Waals surface area (Å²) in [6.45, 7) is 3.89. The molecule has 0 radical (unpaired) electrons. The first-order chi connectivity index (χ1) is 13.7. The van der Waals surface area contributed by atoms with Gasteiger partial charge in [0.05, 0.1) is 5.69 Å². The van der Waals surface area contributed by atoms with Gasteiger partial charge < -0.3 is 10.2 Å². The van der Waals surface area contributed by atoms with Gasteiger partial charge in [0.25, 0.3) is 0 Å². The summed E-state index contributed by atoms with van der Waals surface area (Å²) in [5.74, 6) is 1.57. The van der Waals surface area contributed by atoms with Crippen LogP contribution in [-0.2, 0) is 13.5 Å². The molecule has 0 saturated carbocycles. The Labute approximate surface area is 165 Å². The second-order valence-electron chi connectivity index (χ2n) is 7.32. The number of hydrogen-bond donors (Lipinski definition) is 1. The number of anilines is 2. The number of hydrogen-bond acceptors (Lipinski definition) is 4. The molecule has 1 aliphatic rings. The molecule has 146 valence electrons. The zero-order valence-electron chi connectivity index (χ0n) is 16.4. The van der Waals surface area contributed by atoms with Crippen LogP contribution >= 0.6 is 0 Å². The lowest BCUT2D eigenvalue weighted by Crippen LogP contribution is -2.40. The van der Waals surface area contributed by atoms with Crippen LogP contribution in [0, 0.1) is 5.82 Å². The molecule has 6 heteroatoms. The van der Waals surface area contributed by atoms with Crippen LogP contribution in [0.5, 0.6) is 0 Å². The smallest absolute Gasteiger partial charge is 0.227 e. The number of nitrogens with one attached hydrogen (secondary N) is 1. The SMILES string of the molecule is CCc1ccc(-c2nnc(N3CCC(Nc4ccccc4F)CC3)n2C)cc1. The van der Waals surface area contributed by atoms with Gasteiger partial charge in [-0.3, -0.25) is 4.57 Å². The Morgan fingerprint density at radius 3 is 2.43 bits per heavy atom. The number of nitrogens with zero attached hydrogens (tertiary/aromatic N) is 4. The van der Waals surface area contributed by atoms with Gasteiger partial charge in [-0.25, -0.2) is 4.39 Å². The standard InChI is InChI=1S/C22H26FN5/c1-3-16-8-10-17(11-9-16)21-25-26-22(27(21)2)28-14-12-18(13-15-28)24-20-7-5-4-6-19(20)23/h4-11,18,24H,3,12-15H2,1-2H3. The van der Waals surface area contributed by atoms with E-state index in [1.54, 1.807) is 12.1 Å². The third kappa shape index (κ3) is 3.72. The molecule has 0 amide bonds. The van der Waals surface area contributed by atoms with E-state index in [0.717, 1.165) is 49.7 Å². The molecule has 0 aliphatic carbocycles. The molecular weight excluding hydrogens is 353 g/mol. The van der Waals surface area contributed by atoms with Crippen molar-refractivity contribution < 1.29 is 4.39 Å². The fourth-order valence-corrected chi connectivity index (χ4v) is 3.76. The van der Waals surface area contributed by atoms with Crippen molar-refractivity contribution in [1.29, 1.82) is 0 Å². The zero-order chi connectivity index (χ0) is 19.5. The van der Waals surface area contributed by atoms with E-state index >= 15 is 0 Å². The number of aryl methyl sites for hydroxylation is 1. The first-order valence-corrected chi connectivity index (χ1v) is 9.90. The third-order valence-corrected chi connectivity index (χ3v) is 5.48. The van der Waals surface area contributed by atoms with Crippen molar-refractivity contribution in [2.75, 3.05) is 23.3 Å². The fraction of sp³-hybridized carbons (Fsp3) is 0.364. The summed E-state index contributed by atoms with van der Waals surface area (Å²) < 4.78 is 15.9. The molecule has 1 aromatic heterocycles. The van der Waals surface area contributed by atoms with E-state index < -0.39 is 0 Å². The summed E-state index contributed by atoms with van der Waals surface area (Å²) in [5.41, 5.74) is 2.97. The molecule has 2 aromatic carbocycles. The number of piperidine rings is 1. The first kappa shape index (κ1) is 18.5. The lowest BCUT2D eigenvalue weighted by molar-refractivity contribution is 0.512. The van der Waals surface area contributed by atoms with E-state index in [-0.39, 0.29) is 11.9 Å². The zero-order valence-corrected chi connectivity index (χ0v) is 16.4. The summed E-state index contributed by atoms with van der Waals surface area (Å²) in [4.78, 5) is 2.26. The fourth-order valence-electron chi connectivity index (χ4n) is 3.76. The molecule has 0 unspecified atom stereocenters. The Morgan fingerprint density at radius 1 is 1.04 bits per heavy atom. The van der Waals surface area contributed by atoms with E-state index in [1.807, 2.05) is 13.1 Å². The topological polar surface area (TPSA) is 46.0 Å². The second-order valence-corrected chi connectivity index (χ2v) is 7.32. The van der Waals surface area contributed by atoms with Gasteiger partial charge in [-0.15, -0.1) is 10.2 Å². The Kier molecular flexibility index (Phi) is 5.28. The van der Waals surface area contributed by atoms with Crippen molar-refractivity contribution in [2.24, 2.45) is 7.05 Å². The van der Waals surface area contributed by atoms with Crippen LogP contribution in [0.3, 0.4) is 0 Å². The van der Waals surface area contributed by atoms with Crippen molar-refractivity contribution in [2.45, 2.75) is 32.2 Å². The molecule has 4 rings (SSSR count). The van der Waals surface area contributed by atoms with Gasteiger partial charge in [0.1, 0.15) is 5.82 Å². The summed E-state index contributed by atoms with van der Waals surface area (Å²) in [6.07, 6.45) is 2.89. The molecule has 0 spiro atoms. The average Bonchev–Trinajstić information content (AvgIpc) is 3.12. The van der Waals surface area contributed by atoms with Crippen molar-refractivity contribution in [1.82, 2.24) is 14.8 Å². The molecule has 5 nitrogen and oxygen atoms in total. The highest BCUT2D eigenvalue weighted by molar-refractivity contribution is 5.58. The number of para-hydroxylation sites is 1. The van der Waals surface area contributed by atoms with Gasteiger partial charge in [0.15, 0.2) is 5.82 Å². The maximum atomic E-state index is 13.9. The molecule has 0 atom stereocenters. The van der Waals surface area contributed by atoms with Crippen LogP contribution in [-0.4, -0.2) is 33.9 Å². The molecule has 1 fully saturated rings. The van der Waals surface area contributed by atoms with Gasteiger partial charge in [0.2, 0.25) is 5.95 Å². The van der Waals surface area contributed by atoms with Crippen LogP contribution in [0.25, 0.3) is 11.4 Å². The molecule has 1 aliphatic heterocycles. The molecule has 1 saturated heterocycles. The van der Waals surface area contributed by atoms with Gasteiger partial charge in [-0.05, 0) is 37.0 Å². The number of aromatic nitrogens is 3. The first-order valence-electron chi connectivity index (χ1n) is 9.90. The van der Waals surface area contributed by atoms with E-state index in [1.165, 1.54) is 11.6 Å². The van der Waals surface area contributed by atoms with E-state index in [9.17, 15) is 4.39 Å². The number of benzene rings is 2. The largest absolute Gasteiger partial charge is 0.380 e. The molecule has 3 aromatic rings. The Hall–Kier alpha value is -2.89. The maximum absolute atomic E-state index is 13.9. The lowest BCUT2D eigenvalue weighted by atomic mass is 10.0. The highest BCUT2D eigenvalue weighted by Gasteiger charge is 2.24. The van der Waals surface area contributed by atoms with Gasteiger partial charge in [-0.1, -0.05) is 43.3 Å². The van der Waals surface area contributed by atoms with Crippen LogP contribution in [0.1, 0.15) is 25.3 Å². The highest BCUT2D eigenvalue weighted by Crippen LogP contribution is 2.25. The van der Waals surface area contributed by atoms with Gasteiger partial charge in [-0.2, -0.15) is 0 Å². The normalized spacial score (nSPS) is 15.0. The van der Waals surface area contributed by atoms with Gasteiger partial charge in [0, 0.05) is 31.7 Å². The number of rotatable bonds is 5. The van der Waals surface area contributed by atoms with Crippen LogP contribution in [0.2, 0.25) is 0 Å². The predicted octanol–water partition coefficient (Wildman–Crippen LogP) is 4.26. The minimum absolute atomic E-state index is 0.197. The molecule has 0 bridgehead atoms. The Bertz CT molecular complexity index is 926. The Morgan fingerprint density at radius 2 is 1.75 bits per heavy atom. The quantitative estimate of drug-likeness (QED) is 0.719. The van der Waals surface area contributed by atoms with E-state index in [2.05, 4.69) is 56.2 Å². The minimum atomic E-state index is -0.197. The summed E-state index contributed by atoms with van der Waals surface area (Å²) in [5, 5.41) is 12.2. The monoisotopic (exact) mass is 379 g/mol. The predicted molar refractivity (Wildman–Crippen MR) is 111 cm³/mol. The summed E-state index contributed by atoms with van der Waals surface area (Å²) >= 11 is 0. The maximum Gasteiger partial charge on any atom is 0.227 e. The van der Waals surface area contributed by atoms with Crippen molar-refractivity contribution in [3.05, 3.63) is 59.9 Å². The van der Waals surface area contributed by atoms with Crippen molar-refractivity contribution in [3.8, 4) is 11.4 Å². The summed E-state index contributed by atoms with van der Waals surface area (Å²) in [7, 11) is 2.02. The van der Waals surface area contributed by atoms with Crippen LogP contribution in [0.15, 0.2) is 48.5 Å². The van der Waals surface area contributed by atoms with Crippen molar-refractivity contribution in [3.63, 3.8) is 0 Å². The number of halogens is 1. The van der Waals surface area contributed by atoms with Crippen LogP contribution < -0.4 is 10.2 Å². The highest BCUT2D eigenvalue weighted by atomic mass is 19.1. The molecule has 2 heterocycles. The molecule has 1 N–H and O–H groups in total. The van der Waals surface area contributed by atoms with E-state index in [0.29, 0.717) is 5.69 Å². The van der Waals surface area contributed by atoms with E-state index in [4.69, 9.17) is 0 Å². The third-order valence-electron chi connectivity index (χ3n) is 5.48. The Balaban J connectivity index is 1.42. The van der Waals surface area contributed by atoms with Gasteiger partial charge >= 0.3 is 0 Å². The lowest BCUT2D eigenvalue weighted by Gasteiger charge is -2.33. The molecular formula is C22H26FN5.